The number of halogens is 4. The highest BCUT2D eigenvalue weighted by atomic mass is 79.9. The van der Waals surface area contributed by atoms with Gasteiger partial charge in [0.05, 0.1) is 17.9 Å². The molecule has 8 nitrogen and oxygen atoms in total. The molecule has 0 unspecified atom stereocenters. The molecule has 0 fully saturated rings. The summed E-state index contributed by atoms with van der Waals surface area (Å²) in [5, 5.41) is 77.5. The first-order valence-electron chi connectivity index (χ1n) is 21.3. The monoisotopic (exact) mass is 1170 g/mol. The summed E-state index contributed by atoms with van der Waals surface area (Å²) in [6.07, 6.45) is 0. The number of aromatic hydroxyl groups is 8. The topological polar surface area (TPSA) is 162 Å². The van der Waals surface area contributed by atoms with Gasteiger partial charge in [0.15, 0.2) is 0 Å². The Labute approximate surface area is 430 Å². The summed E-state index contributed by atoms with van der Waals surface area (Å²) in [5.41, 5.74) is 7.82. The van der Waals surface area contributed by atoms with E-state index in [4.69, 9.17) is 0 Å². The molecule has 0 amide bonds. The van der Waals surface area contributed by atoms with Crippen LogP contribution in [0.1, 0.15) is 84.0 Å². The third-order valence-electron chi connectivity index (χ3n) is 12.0. The van der Waals surface area contributed by atoms with E-state index in [0.717, 1.165) is 44.5 Å². The Balaban J connectivity index is 0.000000176. The molecule has 0 heterocycles. The van der Waals surface area contributed by atoms with Gasteiger partial charge in [-0.1, -0.05) is 100 Å². The standard InChI is InChI=1S/C26H22O4.C15H12Br4O2.C15H16O2/c27-21-9-1-17(2-10-21)25(18-3-11-22(28)12-4-18)26(19-5-13-23(29)14-6-19)20-7-15-24(30)16-8-20;1-15(2,7-3-9(16)13(20)10(17)4-7)8-5-11(18)14(21)12(19)6-8;1-15(2,11-3-7-13(16)8-4-11)12-5-9-14(17)10-6-12/h1-16,25-30H;3-6,20-21H,1-2H3;3-10,16-17H,1-2H3. The van der Waals surface area contributed by atoms with Crippen molar-refractivity contribution >= 4 is 63.7 Å². The lowest BCUT2D eigenvalue weighted by Crippen LogP contribution is -2.19. The Bertz CT molecular complexity index is 2600. The van der Waals surface area contributed by atoms with Crippen LogP contribution in [0.3, 0.4) is 0 Å². The number of hydrogen-bond acceptors (Lipinski definition) is 8. The van der Waals surface area contributed by atoms with Gasteiger partial charge < -0.3 is 40.9 Å². The molecular formula is C56H50Br4O8. The largest absolute Gasteiger partial charge is 0.508 e. The summed E-state index contributed by atoms with van der Waals surface area (Å²) in [5.74, 6) is 1.39. The molecule has 8 N–H and O–H groups in total. The molecule has 0 saturated heterocycles. The van der Waals surface area contributed by atoms with Crippen LogP contribution in [0, 0.1) is 0 Å². The van der Waals surface area contributed by atoms with Gasteiger partial charge in [-0.2, -0.15) is 0 Å². The van der Waals surface area contributed by atoms with Gasteiger partial charge in [0.1, 0.15) is 46.0 Å². The molecule has 0 aromatic heterocycles. The van der Waals surface area contributed by atoms with Crippen LogP contribution < -0.4 is 0 Å². The van der Waals surface area contributed by atoms with Gasteiger partial charge in [-0.3, -0.25) is 0 Å². The summed E-state index contributed by atoms with van der Waals surface area (Å²) in [7, 11) is 0. The van der Waals surface area contributed by atoms with Gasteiger partial charge >= 0.3 is 0 Å². The second-order valence-corrected chi connectivity index (χ2v) is 20.7. The van der Waals surface area contributed by atoms with E-state index in [2.05, 4.69) is 91.4 Å². The lowest BCUT2D eigenvalue weighted by atomic mass is 9.73. The van der Waals surface area contributed by atoms with Crippen LogP contribution in [0.5, 0.6) is 46.0 Å². The van der Waals surface area contributed by atoms with E-state index >= 15 is 0 Å². The molecular weight excluding hydrogens is 1120 g/mol. The van der Waals surface area contributed by atoms with Crippen molar-refractivity contribution in [1.82, 2.24) is 0 Å². The molecule has 8 rings (SSSR count). The van der Waals surface area contributed by atoms with Crippen molar-refractivity contribution in [3.63, 3.8) is 0 Å². The van der Waals surface area contributed by atoms with E-state index in [1.54, 1.807) is 72.8 Å². The fourth-order valence-electron chi connectivity index (χ4n) is 7.82. The van der Waals surface area contributed by atoms with Crippen molar-refractivity contribution in [2.24, 2.45) is 0 Å². The van der Waals surface area contributed by atoms with Crippen molar-refractivity contribution in [3.8, 4) is 46.0 Å². The van der Waals surface area contributed by atoms with Crippen molar-refractivity contribution in [3.05, 3.63) is 232 Å². The summed E-state index contributed by atoms with van der Waals surface area (Å²) < 4.78 is 2.54. The van der Waals surface area contributed by atoms with Gasteiger partial charge in [0.25, 0.3) is 0 Å². The van der Waals surface area contributed by atoms with E-state index < -0.39 is 0 Å². The molecule has 0 radical (unpaired) electrons. The first-order valence-corrected chi connectivity index (χ1v) is 24.4. The van der Waals surface area contributed by atoms with Crippen LogP contribution in [0.2, 0.25) is 0 Å². The van der Waals surface area contributed by atoms with E-state index in [1.807, 2.05) is 97.1 Å². The summed E-state index contributed by atoms with van der Waals surface area (Å²) in [6.45, 7) is 8.41. The normalized spacial score (nSPS) is 11.4. The lowest BCUT2D eigenvalue weighted by Gasteiger charge is -2.29. The average molecular weight is 1170 g/mol. The number of phenolic OH excluding ortho intramolecular Hbond substituents is 8. The molecule has 0 atom stereocenters. The first kappa shape index (κ1) is 51.5. The Hall–Kier alpha value is -5.92. The first-order chi connectivity index (χ1) is 32.1. The quantitative estimate of drug-likeness (QED) is 0.0709. The van der Waals surface area contributed by atoms with Crippen LogP contribution in [-0.2, 0) is 10.8 Å². The predicted octanol–water partition coefficient (Wildman–Crippen LogP) is 15.4. The molecule has 8 aromatic carbocycles. The number of phenols is 8. The van der Waals surface area contributed by atoms with Crippen molar-refractivity contribution in [2.45, 2.75) is 50.4 Å². The molecule has 350 valence electrons. The molecule has 68 heavy (non-hydrogen) atoms. The fourth-order valence-corrected chi connectivity index (χ4v) is 10.2. The molecule has 8 aromatic rings. The zero-order valence-corrected chi connectivity index (χ0v) is 43.8. The zero-order valence-electron chi connectivity index (χ0n) is 37.4. The number of benzene rings is 8. The highest BCUT2D eigenvalue weighted by molar-refractivity contribution is 9.11. The second-order valence-electron chi connectivity index (χ2n) is 17.2. The Morgan fingerprint density at radius 2 is 0.456 bits per heavy atom. The highest BCUT2D eigenvalue weighted by Gasteiger charge is 2.30. The predicted molar refractivity (Wildman–Crippen MR) is 284 cm³/mol. The maximum atomic E-state index is 9.85. The highest BCUT2D eigenvalue weighted by Crippen LogP contribution is 2.46. The van der Waals surface area contributed by atoms with Gasteiger partial charge in [0, 0.05) is 22.7 Å². The van der Waals surface area contributed by atoms with Gasteiger partial charge in [-0.25, -0.2) is 0 Å². The molecule has 12 heteroatoms. The van der Waals surface area contributed by atoms with E-state index in [0.29, 0.717) is 17.9 Å². The summed E-state index contributed by atoms with van der Waals surface area (Å²) in [4.78, 5) is 0. The molecule has 0 saturated carbocycles. The Morgan fingerprint density at radius 3 is 0.662 bits per heavy atom. The minimum Gasteiger partial charge on any atom is -0.508 e. The van der Waals surface area contributed by atoms with Crippen LogP contribution in [0.15, 0.2) is 188 Å². The Kier molecular flexibility index (Phi) is 16.7. The number of hydrogen-bond donors (Lipinski definition) is 8. The minimum absolute atomic E-state index is 0.139. The third kappa shape index (κ3) is 12.4. The van der Waals surface area contributed by atoms with Crippen LogP contribution in [0.25, 0.3) is 0 Å². The SMILES string of the molecule is CC(C)(c1cc(Br)c(O)c(Br)c1)c1cc(Br)c(O)c(Br)c1.CC(C)(c1ccc(O)cc1)c1ccc(O)cc1.Oc1ccc(C(c2ccc(O)cc2)C(c2ccc(O)cc2)c2ccc(O)cc2)cc1. The van der Waals surface area contributed by atoms with Crippen molar-refractivity contribution in [1.29, 1.82) is 0 Å². The maximum absolute atomic E-state index is 9.85. The van der Waals surface area contributed by atoms with E-state index in [9.17, 15) is 40.9 Å². The van der Waals surface area contributed by atoms with Crippen LogP contribution in [0.4, 0.5) is 0 Å². The minimum atomic E-state index is -0.308. The smallest absolute Gasteiger partial charge is 0.143 e. The molecule has 0 aliphatic carbocycles. The van der Waals surface area contributed by atoms with E-state index in [-0.39, 0.29) is 68.7 Å². The zero-order chi connectivity index (χ0) is 49.5. The summed E-state index contributed by atoms with van der Waals surface area (Å²) >= 11 is 13.5. The Morgan fingerprint density at radius 1 is 0.279 bits per heavy atom. The fraction of sp³-hybridized carbons (Fsp3) is 0.143. The molecule has 0 aliphatic heterocycles. The van der Waals surface area contributed by atoms with Gasteiger partial charge in [-0.05, 0) is 205 Å². The van der Waals surface area contributed by atoms with Crippen molar-refractivity contribution in [2.75, 3.05) is 0 Å². The van der Waals surface area contributed by atoms with Crippen LogP contribution >= 0.6 is 63.7 Å². The summed E-state index contributed by atoms with van der Waals surface area (Å²) in [6, 6.07) is 50.4. The molecule has 0 bridgehead atoms. The maximum Gasteiger partial charge on any atom is 0.143 e. The average Bonchev–Trinajstić information content (AvgIpc) is 3.31. The van der Waals surface area contributed by atoms with Gasteiger partial charge in [-0.15, -0.1) is 0 Å². The molecule has 0 aliphatic rings. The van der Waals surface area contributed by atoms with Crippen LogP contribution in [-0.4, -0.2) is 40.9 Å². The van der Waals surface area contributed by atoms with E-state index in [1.165, 1.54) is 0 Å². The number of rotatable bonds is 9. The van der Waals surface area contributed by atoms with Crippen molar-refractivity contribution < 1.29 is 40.9 Å². The molecule has 0 spiro atoms. The van der Waals surface area contributed by atoms with Gasteiger partial charge in [0.2, 0.25) is 0 Å². The second kappa shape index (κ2) is 22.0. The third-order valence-corrected chi connectivity index (χ3v) is 14.4. The lowest BCUT2D eigenvalue weighted by molar-refractivity contribution is 0.466.